The molecule has 0 aromatic carbocycles. The predicted octanol–water partition coefficient (Wildman–Crippen LogP) is 2.66. The van der Waals surface area contributed by atoms with Crippen LogP contribution in [-0.4, -0.2) is 66.2 Å². The molecule has 0 spiro atoms. The van der Waals surface area contributed by atoms with Crippen LogP contribution in [0.25, 0.3) is 0 Å². The molecule has 2 aliphatic heterocycles. The topological polar surface area (TPSA) is 154 Å². The monoisotopic (exact) mass is 595 g/mol. The molecule has 207 valence electrons. The zero-order chi connectivity index (χ0) is 23.5. The second kappa shape index (κ2) is 15.2. The summed E-state index contributed by atoms with van der Waals surface area (Å²) in [5.74, 6) is 1.52. The summed E-state index contributed by atoms with van der Waals surface area (Å²) in [7, 11) is -0.226. The van der Waals surface area contributed by atoms with Crippen molar-refractivity contribution in [2.75, 3.05) is 19.6 Å². The molecule has 3 aromatic heterocycles. The molecule has 5 rings (SSSR count). The summed E-state index contributed by atoms with van der Waals surface area (Å²) in [4.78, 5) is 0. The average molecular weight is 593 g/mol. The van der Waals surface area contributed by atoms with Gasteiger partial charge in [0.05, 0.1) is 36.7 Å². The number of nitrogens with zero attached hydrogens (tertiary/aromatic N) is 7. The molecule has 3 aromatic rings. The minimum Gasteiger partial charge on any atom is -2.00 e. The van der Waals surface area contributed by atoms with Crippen molar-refractivity contribution in [3.05, 3.63) is 52.4 Å². The van der Waals surface area contributed by atoms with Crippen molar-refractivity contribution in [1.82, 2.24) is 34.4 Å². The van der Waals surface area contributed by atoms with Gasteiger partial charge in [0, 0.05) is 33.9 Å². The van der Waals surface area contributed by atoms with E-state index in [2.05, 4.69) is 64.2 Å². The maximum absolute atomic E-state index is 4.66. The van der Waals surface area contributed by atoms with E-state index in [1.807, 2.05) is 34.5 Å². The molecule has 37 heavy (non-hydrogen) atoms. The van der Waals surface area contributed by atoms with Crippen LogP contribution in [-0.2, 0) is 37.5 Å². The third-order valence-electron chi connectivity index (χ3n) is 6.45. The smallest absolute Gasteiger partial charge is 0.261 e. The quantitative estimate of drug-likeness (QED) is 0.366. The largest absolute Gasteiger partial charge is 2.00 e. The van der Waals surface area contributed by atoms with Crippen LogP contribution in [0.1, 0.15) is 66.3 Å². The standard InChI is InChI=1S/C15H21BN6.C9H16N2.Mo.3O/c1-10-7-13(4)20(17-10)16(21-14(5)8-11(2)18-21)22-15(6)9-12(3)19-22;1-2-5-9-10-6-4-8-11(9)7-3-1;;;;/h7-9H,1-6H3;1-8H2;;;;/q-1;;;3*-2/p+1. The van der Waals surface area contributed by atoms with E-state index in [0.29, 0.717) is 0 Å². The molecule has 5 heterocycles. The fourth-order valence-corrected chi connectivity index (χ4v) is 4.96. The molecule has 0 saturated carbocycles. The molecule has 0 amide bonds. The van der Waals surface area contributed by atoms with E-state index in [4.69, 9.17) is 0 Å². The molecule has 0 bridgehead atoms. The fraction of sp³-hybridized carbons (Fsp3) is 0.583. The van der Waals surface area contributed by atoms with Crippen molar-refractivity contribution in [1.29, 1.82) is 0 Å². The first-order chi connectivity index (χ1) is 15.8. The minimum atomic E-state index is -0.226. The van der Waals surface area contributed by atoms with Crippen LogP contribution in [0.15, 0.2) is 18.2 Å². The van der Waals surface area contributed by atoms with Crippen molar-refractivity contribution in [2.24, 2.45) is 0 Å². The van der Waals surface area contributed by atoms with Crippen molar-refractivity contribution in [3.63, 3.8) is 0 Å². The molecular weight excluding hydrogens is 555 g/mol. The zero-order valence-electron chi connectivity index (χ0n) is 22.7. The van der Waals surface area contributed by atoms with Crippen LogP contribution in [0.3, 0.4) is 0 Å². The minimum absolute atomic E-state index is 0. The summed E-state index contributed by atoms with van der Waals surface area (Å²) in [6.07, 6.45) is 6.81. The van der Waals surface area contributed by atoms with Crippen molar-refractivity contribution in [3.8, 4) is 0 Å². The van der Waals surface area contributed by atoms with Gasteiger partial charge in [0.2, 0.25) is 5.84 Å². The number of aryl methyl sites for hydroxylation is 6. The van der Waals surface area contributed by atoms with Gasteiger partial charge in [-0.05, 0) is 96.1 Å². The first kappa shape index (κ1) is 34.7. The van der Waals surface area contributed by atoms with Gasteiger partial charge in [-0.2, -0.15) is 0 Å². The maximum atomic E-state index is 4.66. The second-order valence-electron chi connectivity index (χ2n) is 9.49. The number of hydrogen-bond donors (Lipinski definition) is 1. The van der Waals surface area contributed by atoms with Crippen LogP contribution >= 0.6 is 0 Å². The first-order valence-corrected chi connectivity index (χ1v) is 12.3. The summed E-state index contributed by atoms with van der Waals surface area (Å²) in [6.45, 7) is 16.0. The normalized spacial score (nSPS) is 14.5. The molecule has 13 heteroatoms. The molecule has 0 aliphatic carbocycles. The van der Waals surface area contributed by atoms with Crippen LogP contribution in [0.5, 0.6) is 0 Å². The van der Waals surface area contributed by atoms with E-state index in [1.165, 1.54) is 57.6 Å². The van der Waals surface area contributed by atoms with E-state index >= 15 is 0 Å². The Kier molecular flexibility index (Phi) is 14.3. The Morgan fingerprint density at radius 3 is 1.51 bits per heavy atom. The van der Waals surface area contributed by atoms with Gasteiger partial charge in [0.15, 0.2) is 0 Å². The summed E-state index contributed by atoms with van der Waals surface area (Å²) >= 11 is 0. The van der Waals surface area contributed by atoms with Gasteiger partial charge in [-0.25, -0.2) is 15.3 Å². The summed E-state index contributed by atoms with van der Waals surface area (Å²) < 4.78 is 8.48. The van der Waals surface area contributed by atoms with Crippen LogP contribution < -0.4 is 5.32 Å². The van der Waals surface area contributed by atoms with Crippen LogP contribution in [0.2, 0.25) is 0 Å². The number of rotatable bonds is 3. The van der Waals surface area contributed by atoms with E-state index in [1.54, 1.807) is 0 Å². The van der Waals surface area contributed by atoms with Crippen molar-refractivity contribution < 1.29 is 42.1 Å². The molecule has 0 saturated heterocycles. The Morgan fingerprint density at radius 1 is 0.676 bits per heavy atom. The molecule has 1 N–H and O–H groups in total. The Bertz CT molecular complexity index is 1030. The second-order valence-corrected chi connectivity index (χ2v) is 9.49. The molecular formula is C24H38BMoN8O3-6. The zero-order valence-corrected chi connectivity index (χ0v) is 24.7. The SMILES string of the molecule is C1CCC2=[N+](CC1)CCCN2.Cc1cc(C)n([B-](n2nc(C)cc2C)n2nc(C)cc2C)n1.[Mo].[O-2].[O-2].[O-2]. The average Bonchev–Trinajstić information content (AvgIpc) is 3.31. The third-order valence-corrected chi connectivity index (χ3v) is 6.45. The number of hydrogen-bond acceptors (Lipinski definition) is 4. The Morgan fingerprint density at radius 2 is 1.11 bits per heavy atom. The number of nitrogens with one attached hydrogen (secondary N) is 1. The van der Waals surface area contributed by atoms with E-state index in [-0.39, 0.29) is 44.6 Å². The van der Waals surface area contributed by atoms with Gasteiger partial charge in [-0.1, -0.05) is 0 Å². The van der Waals surface area contributed by atoms with Crippen LogP contribution in [0, 0.1) is 41.5 Å². The summed E-state index contributed by atoms with van der Waals surface area (Å²) in [6, 6.07) is 6.22. The maximum Gasteiger partial charge on any atom is 0.261 e. The Balaban J connectivity index is 0.000000742. The molecule has 1 radical (unpaired) electrons. The molecule has 0 unspecified atom stereocenters. The summed E-state index contributed by atoms with van der Waals surface area (Å²) in [5, 5.41) is 17.5. The van der Waals surface area contributed by atoms with Gasteiger partial charge in [0.25, 0.3) is 7.12 Å². The van der Waals surface area contributed by atoms with Crippen molar-refractivity contribution >= 4 is 13.0 Å². The van der Waals surface area contributed by atoms with E-state index < -0.39 is 0 Å². The van der Waals surface area contributed by atoms with E-state index in [9.17, 15) is 0 Å². The molecule has 2 aliphatic rings. The summed E-state index contributed by atoms with van der Waals surface area (Å²) in [5.41, 5.74) is 6.23. The van der Waals surface area contributed by atoms with Crippen LogP contribution in [0.4, 0.5) is 0 Å². The van der Waals surface area contributed by atoms with E-state index in [0.717, 1.165) is 34.2 Å². The van der Waals surface area contributed by atoms with Gasteiger partial charge in [-0.3, -0.25) is 9.89 Å². The van der Waals surface area contributed by atoms with Crippen molar-refractivity contribution in [2.45, 2.75) is 73.6 Å². The predicted molar refractivity (Wildman–Crippen MR) is 135 cm³/mol. The van der Waals surface area contributed by atoms with Gasteiger partial charge >= 0.3 is 0 Å². The Labute approximate surface area is 234 Å². The molecule has 0 atom stereocenters. The number of aromatic nitrogens is 6. The molecule has 11 nitrogen and oxygen atoms in total. The third kappa shape index (κ3) is 8.11. The van der Waals surface area contributed by atoms with Gasteiger partial charge < -0.3 is 30.2 Å². The fourth-order valence-electron chi connectivity index (χ4n) is 4.96. The van der Waals surface area contributed by atoms with Gasteiger partial charge in [0.1, 0.15) is 0 Å². The van der Waals surface area contributed by atoms with Gasteiger partial charge in [-0.15, -0.1) is 0 Å². The Hall–Kier alpha value is -2.27. The number of amidine groups is 1. The molecule has 0 fully saturated rings. The first-order valence-electron chi connectivity index (χ1n) is 12.3.